The van der Waals surface area contributed by atoms with Gasteiger partial charge in [-0.25, -0.2) is 0 Å². The number of hydrogen-bond donors (Lipinski definition) is 1. The first-order valence-electron chi connectivity index (χ1n) is 10.5. The maximum Gasteiger partial charge on any atom is 0.260 e. The number of carbonyl (C=O) groups is 2. The van der Waals surface area contributed by atoms with Crippen molar-refractivity contribution < 1.29 is 14.3 Å². The second-order valence-corrected chi connectivity index (χ2v) is 7.56. The monoisotopic (exact) mass is 394 g/mol. The fourth-order valence-corrected chi connectivity index (χ4v) is 3.69. The molecule has 2 aromatic carbocycles. The molecule has 2 amide bonds. The van der Waals surface area contributed by atoms with Gasteiger partial charge in [-0.1, -0.05) is 55.5 Å². The Morgan fingerprint density at radius 1 is 1.10 bits per heavy atom. The molecule has 1 N–H and O–H groups in total. The molecule has 1 aliphatic heterocycles. The summed E-state index contributed by atoms with van der Waals surface area (Å²) in [4.78, 5) is 26.3. The summed E-state index contributed by atoms with van der Waals surface area (Å²) in [7, 11) is 0. The van der Waals surface area contributed by atoms with Crippen LogP contribution in [0.5, 0.6) is 5.75 Å². The molecule has 29 heavy (non-hydrogen) atoms. The van der Waals surface area contributed by atoms with Crippen molar-refractivity contribution in [2.45, 2.75) is 45.1 Å². The van der Waals surface area contributed by atoms with Crippen molar-refractivity contribution in [3.05, 3.63) is 65.7 Å². The van der Waals surface area contributed by atoms with E-state index in [1.165, 1.54) is 5.56 Å². The van der Waals surface area contributed by atoms with Crippen LogP contribution in [-0.2, 0) is 16.0 Å². The molecule has 0 aromatic heterocycles. The lowest BCUT2D eigenvalue weighted by Crippen LogP contribution is -2.50. The molecule has 1 saturated heterocycles. The maximum atomic E-state index is 12.7. The number of nitrogens with zero attached hydrogens (tertiary/aromatic N) is 1. The number of hydrogen-bond acceptors (Lipinski definition) is 3. The molecule has 1 unspecified atom stereocenters. The van der Waals surface area contributed by atoms with Crippen molar-refractivity contribution in [2.75, 3.05) is 19.7 Å². The topological polar surface area (TPSA) is 58.6 Å². The van der Waals surface area contributed by atoms with Gasteiger partial charge in [-0.05, 0) is 36.5 Å². The molecular formula is C24H30N2O3. The summed E-state index contributed by atoms with van der Waals surface area (Å²) in [6.07, 6.45) is 3.94. The second kappa shape index (κ2) is 10.6. The van der Waals surface area contributed by atoms with Crippen LogP contribution in [0, 0.1) is 0 Å². The molecule has 1 fully saturated rings. The van der Waals surface area contributed by atoms with E-state index in [0.29, 0.717) is 19.5 Å². The zero-order valence-electron chi connectivity index (χ0n) is 17.1. The molecule has 0 radical (unpaired) electrons. The molecule has 1 atom stereocenters. The van der Waals surface area contributed by atoms with Crippen LogP contribution in [0.4, 0.5) is 0 Å². The van der Waals surface area contributed by atoms with Crippen LogP contribution in [0.15, 0.2) is 54.6 Å². The predicted octanol–water partition coefficient (Wildman–Crippen LogP) is 3.56. The van der Waals surface area contributed by atoms with Crippen molar-refractivity contribution in [3.8, 4) is 5.75 Å². The lowest BCUT2D eigenvalue weighted by Gasteiger charge is -2.33. The van der Waals surface area contributed by atoms with Gasteiger partial charge in [0.25, 0.3) is 5.91 Å². The van der Waals surface area contributed by atoms with Crippen molar-refractivity contribution in [2.24, 2.45) is 0 Å². The highest BCUT2D eigenvalue weighted by Gasteiger charge is 2.25. The molecule has 5 nitrogen and oxygen atoms in total. The van der Waals surface area contributed by atoms with Gasteiger partial charge in [0, 0.05) is 32.0 Å². The highest BCUT2D eigenvalue weighted by Crippen LogP contribution is 2.22. The summed E-state index contributed by atoms with van der Waals surface area (Å²) < 4.78 is 5.90. The Morgan fingerprint density at radius 2 is 1.86 bits per heavy atom. The van der Waals surface area contributed by atoms with Gasteiger partial charge >= 0.3 is 0 Å². The van der Waals surface area contributed by atoms with Gasteiger partial charge in [-0.2, -0.15) is 0 Å². The first-order chi connectivity index (χ1) is 14.2. The van der Waals surface area contributed by atoms with Crippen LogP contribution in [0.2, 0.25) is 0 Å². The van der Waals surface area contributed by atoms with Gasteiger partial charge in [-0.3, -0.25) is 9.59 Å². The van der Waals surface area contributed by atoms with E-state index in [1.54, 1.807) is 4.90 Å². The Kier molecular flexibility index (Phi) is 7.68. The minimum absolute atomic E-state index is 0.0153. The van der Waals surface area contributed by atoms with E-state index < -0.39 is 0 Å². The van der Waals surface area contributed by atoms with Crippen LogP contribution in [0.1, 0.15) is 43.7 Å². The van der Waals surface area contributed by atoms with Crippen LogP contribution in [-0.4, -0.2) is 42.5 Å². The first-order valence-corrected chi connectivity index (χ1v) is 10.5. The van der Waals surface area contributed by atoms with Crippen LogP contribution in [0.3, 0.4) is 0 Å². The third-order valence-corrected chi connectivity index (χ3v) is 5.18. The van der Waals surface area contributed by atoms with Gasteiger partial charge in [0.05, 0.1) is 0 Å². The zero-order valence-corrected chi connectivity index (χ0v) is 17.1. The van der Waals surface area contributed by atoms with Gasteiger partial charge in [0.2, 0.25) is 5.91 Å². The number of piperidine rings is 1. The fourth-order valence-electron chi connectivity index (χ4n) is 3.69. The van der Waals surface area contributed by atoms with Crippen molar-refractivity contribution >= 4 is 11.8 Å². The first kappa shape index (κ1) is 20.9. The highest BCUT2D eigenvalue weighted by molar-refractivity contribution is 5.78. The number of nitrogens with one attached hydrogen (secondary N) is 1. The molecule has 1 heterocycles. The number of para-hydroxylation sites is 1. The minimum atomic E-state index is -0.0334. The molecule has 2 aromatic rings. The summed E-state index contributed by atoms with van der Waals surface area (Å²) >= 11 is 0. The number of rotatable bonds is 8. The molecule has 0 bridgehead atoms. The van der Waals surface area contributed by atoms with Gasteiger partial charge in [0.1, 0.15) is 5.75 Å². The smallest absolute Gasteiger partial charge is 0.260 e. The van der Waals surface area contributed by atoms with Crippen LogP contribution < -0.4 is 10.1 Å². The van der Waals surface area contributed by atoms with Crippen LogP contribution >= 0.6 is 0 Å². The average molecular weight is 395 g/mol. The molecule has 0 spiro atoms. The number of likely N-dealkylation sites (tertiary alicyclic amines) is 1. The van der Waals surface area contributed by atoms with E-state index in [4.69, 9.17) is 4.74 Å². The third-order valence-electron chi connectivity index (χ3n) is 5.18. The zero-order chi connectivity index (χ0) is 20.5. The highest BCUT2D eigenvalue weighted by atomic mass is 16.5. The molecule has 0 aliphatic carbocycles. The normalized spacial score (nSPS) is 16.3. The molecule has 5 heteroatoms. The van der Waals surface area contributed by atoms with Crippen molar-refractivity contribution in [3.63, 3.8) is 0 Å². The van der Waals surface area contributed by atoms with E-state index in [0.717, 1.165) is 37.0 Å². The number of ether oxygens (including phenoxy) is 1. The van der Waals surface area contributed by atoms with Gasteiger partial charge < -0.3 is 15.0 Å². The Bertz CT molecular complexity index is 807. The molecule has 154 valence electrons. The van der Waals surface area contributed by atoms with Crippen molar-refractivity contribution in [1.82, 2.24) is 10.2 Å². The quantitative estimate of drug-likeness (QED) is 0.745. The van der Waals surface area contributed by atoms with Gasteiger partial charge in [-0.15, -0.1) is 0 Å². The third kappa shape index (κ3) is 6.34. The van der Waals surface area contributed by atoms with Gasteiger partial charge in [0.15, 0.2) is 6.61 Å². The number of amides is 2. The Morgan fingerprint density at radius 3 is 2.66 bits per heavy atom. The average Bonchev–Trinajstić information content (AvgIpc) is 2.74. The summed E-state index contributed by atoms with van der Waals surface area (Å²) in [6.45, 7) is 3.28. The standard InChI is InChI=1S/C24H30N2O3/c1-2-9-23(27)25-21-13-8-15-26(17-21)24(28)18-29-22-14-7-6-12-20(22)16-19-10-4-3-5-11-19/h3-7,10-12,14,21H,2,8-9,13,15-18H2,1H3,(H,25,27). The molecule has 3 rings (SSSR count). The van der Waals surface area contributed by atoms with Crippen molar-refractivity contribution in [1.29, 1.82) is 0 Å². The van der Waals surface area contributed by atoms with E-state index in [2.05, 4.69) is 17.4 Å². The fraction of sp³-hybridized carbons (Fsp3) is 0.417. The SMILES string of the molecule is CCCC(=O)NC1CCCN(C(=O)COc2ccccc2Cc2ccccc2)C1. The van der Waals surface area contributed by atoms with E-state index in [1.807, 2.05) is 49.4 Å². The Balaban J connectivity index is 1.54. The summed E-state index contributed by atoms with van der Waals surface area (Å²) in [5.41, 5.74) is 2.27. The Hall–Kier alpha value is -2.82. The minimum Gasteiger partial charge on any atom is -0.483 e. The maximum absolute atomic E-state index is 12.7. The predicted molar refractivity (Wildman–Crippen MR) is 114 cm³/mol. The summed E-state index contributed by atoms with van der Waals surface area (Å²) in [5, 5.41) is 3.04. The lowest BCUT2D eigenvalue weighted by molar-refractivity contribution is -0.135. The van der Waals surface area contributed by atoms with Crippen LogP contribution in [0.25, 0.3) is 0 Å². The van der Waals surface area contributed by atoms with E-state index >= 15 is 0 Å². The molecule has 0 saturated carbocycles. The van der Waals surface area contributed by atoms with E-state index in [9.17, 15) is 9.59 Å². The summed E-state index contributed by atoms with van der Waals surface area (Å²) in [5.74, 6) is 0.779. The number of benzene rings is 2. The number of carbonyl (C=O) groups excluding carboxylic acids is 2. The largest absolute Gasteiger partial charge is 0.483 e. The lowest BCUT2D eigenvalue weighted by atomic mass is 10.0. The second-order valence-electron chi connectivity index (χ2n) is 7.56. The Labute approximate surface area is 173 Å². The van der Waals surface area contributed by atoms with E-state index in [-0.39, 0.29) is 24.5 Å². The summed E-state index contributed by atoms with van der Waals surface area (Å²) in [6, 6.07) is 18.1. The molecular weight excluding hydrogens is 364 g/mol. The molecule has 1 aliphatic rings.